The summed E-state index contributed by atoms with van der Waals surface area (Å²) < 4.78 is 5.02. The molecule has 4 heteroatoms. The zero-order chi connectivity index (χ0) is 7.56. The molecule has 0 radical (unpaired) electrons. The fourth-order valence-electron chi connectivity index (χ4n) is 1.19. The smallest absolute Gasteiger partial charge is 0.224 e. The SMILES string of the molecule is CO[C@@H]1CNC[C@@H]1C(N)=O. The van der Waals surface area contributed by atoms with Gasteiger partial charge in [0, 0.05) is 20.2 Å². The van der Waals surface area contributed by atoms with Gasteiger partial charge < -0.3 is 15.8 Å². The van der Waals surface area contributed by atoms with E-state index in [1.165, 1.54) is 0 Å². The Bertz CT molecular complexity index is 138. The topological polar surface area (TPSA) is 64.3 Å². The average molecular weight is 144 g/mol. The molecule has 1 fully saturated rings. The van der Waals surface area contributed by atoms with Crippen LogP contribution in [0.1, 0.15) is 0 Å². The molecule has 10 heavy (non-hydrogen) atoms. The number of ether oxygens (including phenoxy) is 1. The molecule has 3 N–H and O–H groups in total. The molecule has 1 amide bonds. The second-order valence-corrected chi connectivity index (χ2v) is 2.44. The summed E-state index contributed by atoms with van der Waals surface area (Å²) >= 11 is 0. The molecule has 1 aliphatic rings. The van der Waals surface area contributed by atoms with Gasteiger partial charge in [-0.3, -0.25) is 4.79 Å². The van der Waals surface area contributed by atoms with Crippen LogP contribution in [0.25, 0.3) is 0 Å². The van der Waals surface area contributed by atoms with E-state index in [0.29, 0.717) is 6.54 Å². The molecule has 0 aliphatic carbocycles. The number of hydrogen-bond donors (Lipinski definition) is 2. The van der Waals surface area contributed by atoms with E-state index in [0.717, 1.165) is 6.54 Å². The van der Waals surface area contributed by atoms with Crippen LogP contribution in [0.15, 0.2) is 0 Å². The highest BCUT2D eigenvalue weighted by Gasteiger charge is 2.30. The summed E-state index contributed by atoms with van der Waals surface area (Å²) in [6.07, 6.45) is -0.0301. The van der Waals surface area contributed by atoms with Gasteiger partial charge in [0.15, 0.2) is 0 Å². The van der Waals surface area contributed by atoms with Gasteiger partial charge in [0.2, 0.25) is 5.91 Å². The van der Waals surface area contributed by atoms with Gasteiger partial charge >= 0.3 is 0 Å². The Morgan fingerprint density at radius 2 is 2.40 bits per heavy atom. The van der Waals surface area contributed by atoms with Crippen molar-refractivity contribution in [2.75, 3.05) is 20.2 Å². The maximum absolute atomic E-state index is 10.7. The monoisotopic (exact) mass is 144 g/mol. The van der Waals surface area contributed by atoms with E-state index in [-0.39, 0.29) is 17.9 Å². The van der Waals surface area contributed by atoms with Gasteiger partial charge in [0.05, 0.1) is 12.0 Å². The first kappa shape index (κ1) is 7.50. The van der Waals surface area contributed by atoms with Gasteiger partial charge in [0.1, 0.15) is 0 Å². The molecule has 0 spiro atoms. The van der Waals surface area contributed by atoms with Crippen molar-refractivity contribution in [2.45, 2.75) is 6.10 Å². The summed E-state index contributed by atoms with van der Waals surface area (Å²) in [5.74, 6) is -0.429. The normalized spacial score (nSPS) is 32.5. The van der Waals surface area contributed by atoms with E-state index in [4.69, 9.17) is 10.5 Å². The minimum atomic E-state index is -0.281. The van der Waals surface area contributed by atoms with Crippen LogP contribution in [0.3, 0.4) is 0 Å². The Kier molecular flexibility index (Phi) is 2.24. The van der Waals surface area contributed by atoms with Crippen molar-refractivity contribution in [1.82, 2.24) is 5.32 Å². The second kappa shape index (κ2) is 2.98. The summed E-state index contributed by atoms with van der Waals surface area (Å²) in [5.41, 5.74) is 5.10. The van der Waals surface area contributed by atoms with E-state index < -0.39 is 0 Å². The quantitative estimate of drug-likeness (QED) is 0.506. The molecule has 1 heterocycles. The lowest BCUT2D eigenvalue weighted by Gasteiger charge is -2.12. The predicted molar refractivity (Wildman–Crippen MR) is 36.4 cm³/mol. The maximum atomic E-state index is 10.7. The Labute approximate surface area is 59.7 Å². The fraction of sp³-hybridized carbons (Fsp3) is 0.833. The van der Waals surface area contributed by atoms with Gasteiger partial charge in [-0.05, 0) is 0 Å². The molecule has 0 bridgehead atoms. The number of amides is 1. The van der Waals surface area contributed by atoms with Crippen molar-refractivity contribution < 1.29 is 9.53 Å². The van der Waals surface area contributed by atoms with Gasteiger partial charge in [-0.15, -0.1) is 0 Å². The lowest BCUT2D eigenvalue weighted by Crippen LogP contribution is -2.33. The molecule has 58 valence electrons. The van der Waals surface area contributed by atoms with Gasteiger partial charge in [-0.2, -0.15) is 0 Å². The zero-order valence-corrected chi connectivity index (χ0v) is 5.96. The molecule has 0 aromatic carbocycles. The highest BCUT2D eigenvalue weighted by molar-refractivity contribution is 5.77. The summed E-state index contributed by atoms with van der Waals surface area (Å²) in [5, 5.41) is 3.03. The van der Waals surface area contributed by atoms with E-state index in [1.54, 1.807) is 7.11 Å². The number of carbonyl (C=O) groups is 1. The Balaban J connectivity index is 2.50. The van der Waals surface area contributed by atoms with Gasteiger partial charge in [0.25, 0.3) is 0 Å². The number of nitrogens with two attached hydrogens (primary N) is 1. The van der Waals surface area contributed by atoms with Crippen molar-refractivity contribution in [1.29, 1.82) is 0 Å². The van der Waals surface area contributed by atoms with Crippen molar-refractivity contribution in [3.63, 3.8) is 0 Å². The first-order valence-corrected chi connectivity index (χ1v) is 3.28. The molecule has 0 aromatic rings. The second-order valence-electron chi connectivity index (χ2n) is 2.44. The van der Waals surface area contributed by atoms with E-state index in [1.807, 2.05) is 0 Å². The van der Waals surface area contributed by atoms with Crippen LogP contribution in [0, 0.1) is 5.92 Å². The summed E-state index contributed by atoms with van der Waals surface area (Å²) in [7, 11) is 1.59. The molecule has 1 rings (SSSR count). The molecular formula is C6H12N2O2. The number of rotatable bonds is 2. The van der Waals surface area contributed by atoms with E-state index in [9.17, 15) is 4.79 Å². The van der Waals surface area contributed by atoms with Crippen molar-refractivity contribution in [2.24, 2.45) is 11.7 Å². The number of hydrogen-bond acceptors (Lipinski definition) is 3. The molecular weight excluding hydrogens is 132 g/mol. The van der Waals surface area contributed by atoms with E-state index in [2.05, 4.69) is 5.32 Å². The van der Waals surface area contributed by atoms with Crippen LogP contribution in [0.4, 0.5) is 0 Å². The molecule has 0 aromatic heterocycles. The number of primary amides is 1. The van der Waals surface area contributed by atoms with Crippen molar-refractivity contribution in [3.05, 3.63) is 0 Å². The van der Waals surface area contributed by atoms with Crippen LogP contribution >= 0.6 is 0 Å². The molecule has 0 saturated carbocycles. The number of carbonyl (C=O) groups excluding carboxylic acids is 1. The summed E-state index contributed by atoms with van der Waals surface area (Å²) in [4.78, 5) is 10.7. The third kappa shape index (κ3) is 1.27. The molecule has 1 saturated heterocycles. The van der Waals surface area contributed by atoms with Gasteiger partial charge in [-0.1, -0.05) is 0 Å². The van der Waals surface area contributed by atoms with Crippen LogP contribution in [-0.2, 0) is 9.53 Å². The molecule has 2 atom stereocenters. The molecule has 1 aliphatic heterocycles. The first-order chi connectivity index (χ1) is 4.75. The minimum absolute atomic E-state index is 0.0301. The third-order valence-electron chi connectivity index (χ3n) is 1.83. The Morgan fingerprint density at radius 1 is 1.70 bits per heavy atom. The minimum Gasteiger partial charge on any atom is -0.379 e. The molecule has 0 unspecified atom stereocenters. The largest absolute Gasteiger partial charge is 0.379 e. The Morgan fingerprint density at radius 3 is 2.80 bits per heavy atom. The van der Waals surface area contributed by atoms with Crippen molar-refractivity contribution >= 4 is 5.91 Å². The van der Waals surface area contributed by atoms with E-state index >= 15 is 0 Å². The fourth-order valence-corrected chi connectivity index (χ4v) is 1.19. The lowest BCUT2D eigenvalue weighted by molar-refractivity contribution is -0.124. The summed E-state index contributed by atoms with van der Waals surface area (Å²) in [6.45, 7) is 1.37. The van der Waals surface area contributed by atoms with Crippen LogP contribution < -0.4 is 11.1 Å². The van der Waals surface area contributed by atoms with Crippen molar-refractivity contribution in [3.8, 4) is 0 Å². The maximum Gasteiger partial charge on any atom is 0.224 e. The highest BCUT2D eigenvalue weighted by atomic mass is 16.5. The standard InChI is InChI=1S/C6H12N2O2/c1-10-5-3-8-2-4(5)6(7)9/h4-5,8H,2-3H2,1H3,(H2,7,9)/t4-,5+/m0/s1. The summed E-state index contributed by atoms with van der Waals surface area (Å²) in [6, 6.07) is 0. The van der Waals surface area contributed by atoms with Crippen LogP contribution in [0.5, 0.6) is 0 Å². The predicted octanol–water partition coefficient (Wildman–Crippen LogP) is -1.29. The van der Waals surface area contributed by atoms with Crippen LogP contribution in [-0.4, -0.2) is 32.2 Å². The van der Waals surface area contributed by atoms with Gasteiger partial charge in [-0.25, -0.2) is 0 Å². The average Bonchev–Trinajstić information content (AvgIpc) is 2.33. The highest BCUT2D eigenvalue weighted by Crippen LogP contribution is 2.10. The van der Waals surface area contributed by atoms with Crippen LogP contribution in [0.2, 0.25) is 0 Å². The Hall–Kier alpha value is -0.610. The number of methoxy groups -OCH3 is 1. The molecule has 4 nitrogen and oxygen atoms in total. The lowest BCUT2D eigenvalue weighted by atomic mass is 10.1. The number of nitrogens with one attached hydrogen (secondary N) is 1. The first-order valence-electron chi connectivity index (χ1n) is 3.28. The zero-order valence-electron chi connectivity index (χ0n) is 5.96. The third-order valence-corrected chi connectivity index (χ3v) is 1.83.